The number of alkyl halides is 3. The Morgan fingerprint density at radius 3 is 2.65 bits per heavy atom. The maximum atomic E-state index is 13.6. The summed E-state index contributed by atoms with van der Waals surface area (Å²) in [5.41, 5.74) is -0.0104. The Kier molecular flexibility index (Phi) is 6.80. The third-order valence-corrected chi connectivity index (χ3v) is 7.11. The number of halogens is 3. The lowest BCUT2D eigenvalue weighted by Crippen LogP contribution is -2.40. The van der Waals surface area contributed by atoms with E-state index >= 15 is 0 Å². The average molecular weight is 532 g/mol. The molecule has 1 aliphatic carbocycles. The number of amides is 2. The zero-order valence-corrected chi connectivity index (χ0v) is 20.7. The van der Waals surface area contributed by atoms with E-state index in [9.17, 15) is 22.8 Å². The van der Waals surface area contributed by atoms with Crippen LogP contribution in [0.3, 0.4) is 0 Å². The zero-order valence-electron chi connectivity index (χ0n) is 19.9. The van der Waals surface area contributed by atoms with Gasteiger partial charge >= 0.3 is 6.18 Å². The highest BCUT2D eigenvalue weighted by molar-refractivity contribution is 7.15. The molecule has 0 spiro atoms. The Hall–Kier alpha value is -3.60. The van der Waals surface area contributed by atoms with E-state index in [-0.39, 0.29) is 36.6 Å². The highest BCUT2D eigenvalue weighted by Crippen LogP contribution is 2.37. The second-order valence-corrected chi connectivity index (χ2v) is 10.0. The molecule has 37 heavy (non-hydrogen) atoms. The molecule has 5 rings (SSSR count). The van der Waals surface area contributed by atoms with Gasteiger partial charge in [-0.3, -0.25) is 9.59 Å². The molecule has 2 aliphatic rings. The number of hydrogen-bond donors (Lipinski definition) is 1. The van der Waals surface area contributed by atoms with Crippen LogP contribution in [0.25, 0.3) is 10.4 Å². The Balaban J connectivity index is 1.32. The van der Waals surface area contributed by atoms with Gasteiger partial charge in [0.1, 0.15) is 18.9 Å². The molecule has 0 atom stereocenters. The molecule has 2 aromatic carbocycles. The topological polar surface area (TPSA) is 80.8 Å². The van der Waals surface area contributed by atoms with Crippen LogP contribution in [0, 0.1) is 6.92 Å². The van der Waals surface area contributed by atoms with E-state index in [1.165, 1.54) is 17.4 Å². The number of benzene rings is 2. The van der Waals surface area contributed by atoms with Crippen LogP contribution in [0.1, 0.15) is 44.3 Å². The van der Waals surface area contributed by atoms with Crippen LogP contribution >= 0.6 is 11.3 Å². The SMILES string of the molecule is Cc1nc(C(=O)N(CCNC(=O)c2cccc3c2OCCO3)C2CC2)c(-c2cccc(C(F)(F)F)c2)s1. The Morgan fingerprint density at radius 2 is 1.89 bits per heavy atom. The van der Waals surface area contributed by atoms with Crippen LogP contribution in [0.5, 0.6) is 11.5 Å². The van der Waals surface area contributed by atoms with Crippen molar-refractivity contribution >= 4 is 23.2 Å². The number of hydrogen-bond acceptors (Lipinski definition) is 6. The molecule has 1 saturated carbocycles. The maximum Gasteiger partial charge on any atom is 0.416 e. The minimum Gasteiger partial charge on any atom is -0.486 e. The summed E-state index contributed by atoms with van der Waals surface area (Å²) in [4.78, 5) is 32.8. The van der Waals surface area contributed by atoms with Crippen LogP contribution in [0.2, 0.25) is 0 Å². The largest absolute Gasteiger partial charge is 0.486 e. The molecule has 1 aromatic heterocycles. The normalized spacial score (nSPS) is 14.8. The fourth-order valence-electron chi connectivity index (χ4n) is 4.21. The van der Waals surface area contributed by atoms with Crippen molar-refractivity contribution in [2.45, 2.75) is 32.0 Å². The van der Waals surface area contributed by atoms with Crippen molar-refractivity contribution in [3.05, 3.63) is 64.3 Å². The summed E-state index contributed by atoms with van der Waals surface area (Å²) in [6, 6.07) is 10.0. The number of fused-ring (bicyclic) bond motifs is 1. The average Bonchev–Trinajstić information content (AvgIpc) is 3.65. The molecule has 7 nitrogen and oxygen atoms in total. The van der Waals surface area contributed by atoms with Crippen molar-refractivity contribution in [3.63, 3.8) is 0 Å². The first-order valence-electron chi connectivity index (χ1n) is 11.8. The van der Waals surface area contributed by atoms with Gasteiger partial charge in [0.2, 0.25) is 0 Å². The molecule has 0 unspecified atom stereocenters. The van der Waals surface area contributed by atoms with Crippen molar-refractivity contribution in [1.29, 1.82) is 0 Å². The van der Waals surface area contributed by atoms with Crippen molar-refractivity contribution in [3.8, 4) is 21.9 Å². The first-order valence-corrected chi connectivity index (χ1v) is 12.7. The van der Waals surface area contributed by atoms with Crippen molar-refractivity contribution in [2.24, 2.45) is 0 Å². The highest BCUT2D eigenvalue weighted by Gasteiger charge is 2.36. The molecule has 11 heteroatoms. The van der Waals surface area contributed by atoms with E-state index in [1.54, 1.807) is 36.1 Å². The maximum absolute atomic E-state index is 13.6. The number of nitrogens with one attached hydrogen (secondary N) is 1. The predicted octanol–water partition coefficient (Wildman–Crippen LogP) is 4.94. The number of carbonyl (C=O) groups excluding carboxylic acids is 2. The van der Waals surface area contributed by atoms with Gasteiger partial charge in [0, 0.05) is 19.1 Å². The lowest BCUT2D eigenvalue weighted by molar-refractivity contribution is -0.137. The van der Waals surface area contributed by atoms with Gasteiger partial charge < -0.3 is 19.7 Å². The molecule has 0 bridgehead atoms. The predicted molar refractivity (Wildman–Crippen MR) is 131 cm³/mol. The number of aromatic nitrogens is 1. The molecule has 2 heterocycles. The lowest BCUT2D eigenvalue weighted by Gasteiger charge is -2.23. The lowest BCUT2D eigenvalue weighted by atomic mass is 10.1. The van der Waals surface area contributed by atoms with Crippen molar-refractivity contribution in [2.75, 3.05) is 26.3 Å². The minimum atomic E-state index is -4.49. The second-order valence-electron chi connectivity index (χ2n) is 8.80. The first-order chi connectivity index (χ1) is 17.7. The number of rotatable bonds is 7. The number of aryl methyl sites for hydroxylation is 1. The van der Waals surface area contributed by atoms with E-state index in [0.29, 0.717) is 45.7 Å². The van der Waals surface area contributed by atoms with Crippen molar-refractivity contribution in [1.82, 2.24) is 15.2 Å². The Bertz CT molecular complexity index is 1340. The quantitative estimate of drug-likeness (QED) is 0.467. The van der Waals surface area contributed by atoms with Crippen LogP contribution in [-0.2, 0) is 6.18 Å². The zero-order chi connectivity index (χ0) is 26.2. The summed E-state index contributed by atoms with van der Waals surface area (Å²) in [6.45, 7) is 2.90. The summed E-state index contributed by atoms with van der Waals surface area (Å²) in [6.07, 6.45) is -2.86. The van der Waals surface area contributed by atoms with E-state index in [1.807, 2.05) is 0 Å². The van der Waals surface area contributed by atoms with E-state index in [2.05, 4.69) is 10.3 Å². The molecule has 1 N–H and O–H groups in total. The van der Waals surface area contributed by atoms with E-state index in [0.717, 1.165) is 25.0 Å². The molecule has 1 aliphatic heterocycles. The van der Waals surface area contributed by atoms with E-state index in [4.69, 9.17) is 9.47 Å². The van der Waals surface area contributed by atoms with Gasteiger partial charge in [0.15, 0.2) is 11.5 Å². The summed E-state index contributed by atoms with van der Waals surface area (Å²) >= 11 is 1.18. The number of thiazole rings is 1. The van der Waals surface area contributed by atoms with Gasteiger partial charge in [-0.1, -0.05) is 18.2 Å². The summed E-state index contributed by atoms with van der Waals surface area (Å²) in [5.74, 6) is 0.196. The number of nitrogens with zero attached hydrogens (tertiary/aromatic N) is 2. The molecule has 2 amide bonds. The Morgan fingerprint density at radius 1 is 1.14 bits per heavy atom. The number of ether oxygens (including phenoxy) is 2. The molecule has 194 valence electrons. The molecule has 1 fully saturated rings. The first kappa shape index (κ1) is 25.1. The van der Waals surface area contributed by atoms with Crippen LogP contribution in [-0.4, -0.2) is 54.0 Å². The van der Waals surface area contributed by atoms with Crippen LogP contribution in [0.15, 0.2) is 42.5 Å². The molecule has 3 aromatic rings. The molecular formula is C26H24F3N3O4S. The third kappa shape index (κ3) is 5.41. The molecule has 0 radical (unpaired) electrons. The van der Waals surface area contributed by atoms with Gasteiger partial charge in [-0.05, 0) is 49.6 Å². The molecule has 0 saturated heterocycles. The summed E-state index contributed by atoms with van der Waals surface area (Å²) < 4.78 is 51.0. The molecular weight excluding hydrogens is 507 g/mol. The monoisotopic (exact) mass is 531 g/mol. The van der Waals surface area contributed by atoms with Crippen molar-refractivity contribution < 1.29 is 32.2 Å². The standard InChI is InChI=1S/C26H24F3N3O4S/c1-15-31-21(23(37-15)16-4-2-5-17(14-16)26(27,28)29)25(34)32(18-8-9-18)11-10-30-24(33)19-6-3-7-20-22(19)36-13-12-35-20/h2-7,14,18H,8-13H2,1H3,(H,30,33). The minimum absolute atomic E-state index is 0.00184. The van der Waals surface area contributed by atoms with Gasteiger partial charge in [-0.25, -0.2) is 4.98 Å². The van der Waals surface area contributed by atoms with Crippen LogP contribution < -0.4 is 14.8 Å². The van der Waals surface area contributed by atoms with Gasteiger partial charge in [-0.15, -0.1) is 11.3 Å². The number of para-hydroxylation sites is 1. The van der Waals surface area contributed by atoms with Gasteiger partial charge in [-0.2, -0.15) is 13.2 Å². The fraction of sp³-hybridized carbons (Fsp3) is 0.346. The van der Waals surface area contributed by atoms with Gasteiger partial charge in [0.25, 0.3) is 11.8 Å². The summed E-state index contributed by atoms with van der Waals surface area (Å²) in [5, 5.41) is 3.41. The Labute approximate surface area is 215 Å². The third-order valence-electron chi connectivity index (χ3n) is 6.09. The van der Waals surface area contributed by atoms with Crippen LogP contribution in [0.4, 0.5) is 13.2 Å². The fourth-order valence-corrected chi connectivity index (χ4v) is 5.12. The summed E-state index contributed by atoms with van der Waals surface area (Å²) in [7, 11) is 0. The van der Waals surface area contributed by atoms with E-state index < -0.39 is 11.7 Å². The van der Waals surface area contributed by atoms with Gasteiger partial charge in [0.05, 0.1) is 21.0 Å². The highest BCUT2D eigenvalue weighted by atomic mass is 32.1. The number of carbonyl (C=O) groups is 2. The smallest absolute Gasteiger partial charge is 0.416 e. The second kappa shape index (κ2) is 10.0.